The zero-order valence-corrected chi connectivity index (χ0v) is 35.7. The first-order valence-electron chi connectivity index (χ1n) is 21.7. The molecule has 2 aliphatic carbocycles. The molecule has 2 heterocycles. The Hall–Kier alpha value is -7.36. The van der Waals surface area contributed by atoms with E-state index in [2.05, 4.69) is 218 Å². The van der Waals surface area contributed by atoms with Crippen LogP contribution in [0.2, 0.25) is 0 Å². The lowest BCUT2D eigenvalue weighted by Gasteiger charge is -2.31. The Morgan fingerprint density at radius 1 is 0.222 bits per heavy atom. The zero-order valence-electron chi connectivity index (χ0n) is 34.1. The molecule has 2 heteroatoms. The van der Waals surface area contributed by atoms with Crippen LogP contribution < -0.4 is 0 Å². The Morgan fingerprint density at radius 3 is 0.984 bits per heavy atom. The predicted octanol–water partition coefficient (Wildman–Crippen LogP) is 17.4. The van der Waals surface area contributed by atoms with E-state index in [1.54, 1.807) is 0 Å². The van der Waals surface area contributed by atoms with Gasteiger partial charge < -0.3 is 0 Å². The molecule has 2 aromatic heterocycles. The van der Waals surface area contributed by atoms with Crippen molar-refractivity contribution in [3.05, 3.63) is 241 Å². The molecular weight excluding hydrogens is 797 g/mol. The number of benzene rings is 10. The maximum atomic E-state index is 2.49. The Kier molecular flexibility index (Phi) is 7.45. The lowest BCUT2D eigenvalue weighted by atomic mass is 9.70. The van der Waals surface area contributed by atoms with Crippen molar-refractivity contribution in [2.75, 3.05) is 0 Å². The average molecular weight is 833 g/mol. The Morgan fingerprint density at radius 2 is 0.540 bits per heavy atom. The van der Waals surface area contributed by atoms with E-state index in [0.29, 0.717) is 0 Å². The molecule has 0 atom stereocenters. The lowest BCUT2D eigenvalue weighted by molar-refractivity contribution is 0.794. The van der Waals surface area contributed by atoms with Gasteiger partial charge in [0.05, 0.1) is 5.41 Å². The molecule has 63 heavy (non-hydrogen) atoms. The van der Waals surface area contributed by atoms with Crippen molar-refractivity contribution in [2.45, 2.75) is 5.41 Å². The third-order valence-corrected chi connectivity index (χ3v) is 16.2. The summed E-state index contributed by atoms with van der Waals surface area (Å²) in [4.78, 5) is 0. The molecule has 10 aromatic carbocycles. The third-order valence-electron chi connectivity index (χ3n) is 13.9. The van der Waals surface area contributed by atoms with Crippen LogP contribution in [0.1, 0.15) is 22.3 Å². The summed E-state index contributed by atoms with van der Waals surface area (Å²) in [5.74, 6) is 0. The van der Waals surface area contributed by atoms with Crippen LogP contribution in [0.4, 0.5) is 0 Å². The van der Waals surface area contributed by atoms with Crippen LogP contribution in [0.3, 0.4) is 0 Å². The highest BCUT2D eigenvalue weighted by atomic mass is 32.1. The summed E-state index contributed by atoms with van der Waals surface area (Å²) in [5.41, 5.74) is 20.1. The summed E-state index contributed by atoms with van der Waals surface area (Å²) >= 11 is 3.74. The summed E-state index contributed by atoms with van der Waals surface area (Å²) in [5, 5.41) is 5.33. The van der Waals surface area contributed by atoms with E-state index in [1.165, 1.54) is 129 Å². The predicted molar refractivity (Wildman–Crippen MR) is 270 cm³/mol. The first-order valence-corrected chi connectivity index (χ1v) is 23.4. The Bertz CT molecular complexity index is 3590. The summed E-state index contributed by atoms with van der Waals surface area (Å²) in [6.45, 7) is 0. The fourth-order valence-electron chi connectivity index (χ4n) is 11.0. The second-order valence-electron chi connectivity index (χ2n) is 17.1. The fraction of sp³-hybridized carbons (Fsp3) is 0.0164. The fourth-order valence-corrected chi connectivity index (χ4v) is 13.2. The standard InChI is InChI=1S/C61H36S2/c1-5-13-53-45(9-1)46-10-2-6-14-54(46)61(53)55-35-43(39-21-17-37(18-22-39)41-27-31-59-51(33-41)49-11-3-7-15-57(49)62-59)25-29-47(55)48-30-26-44(36-56(48)61)40-23-19-38(20-24-40)42-28-32-60-52(34-42)50-12-4-8-16-58(50)63-60/h1-36H. The molecular formula is C61H36S2. The second kappa shape index (κ2) is 13.3. The van der Waals surface area contributed by atoms with Crippen LogP contribution in [0.15, 0.2) is 218 Å². The number of rotatable bonds is 4. The van der Waals surface area contributed by atoms with E-state index < -0.39 is 5.41 Å². The van der Waals surface area contributed by atoms with Crippen molar-refractivity contribution in [1.29, 1.82) is 0 Å². The summed E-state index contributed by atoms with van der Waals surface area (Å²) in [7, 11) is 0. The van der Waals surface area contributed by atoms with Gasteiger partial charge in [0.1, 0.15) is 0 Å². The molecule has 0 amide bonds. The maximum absolute atomic E-state index is 2.49. The van der Waals surface area contributed by atoms with Gasteiger partial charge in [-0.05, 0) is 138 Å². The highest BCUT2D eigenvalue weighted by molar-refractivity contribution is 7.26. The number of fused-ring (bicyclic) bond motifs is 16. The molecule has 0 radical (unpaired) electrons. The summed E-state index contributed by atoms with van der Waals surface area (Å²) in [6, 6.07) is 82.4. The van der Waals surface area contributed by atoms with Gasteiger partial charge >= 0.3 is 0 Å². The number of hydrogen-bond donors (Lipinski definition) is 0. The molecule has 1 spiro atoms. The Balaban J connectivity index is 0.876. The molecule has 0 saturated heterocycles. The molecule has 0 aliphatic heterocycles. The van der Waals surface area contributed by atoms with Gasteiger partial charge in [-0.15, -0.1) is 22.7 Å². The first-order chi connectivity index (χ1) is 31.2. The highest BCUT2D eigenvalue weighted by Crippen LogP contribution is 2.63. The van der Waals surface area contributed by atoms with Crippen molar-refractivity contribution in [1.82, 2.24) is 0 Å². The van der Waals surface area contributed by atoms with Crippen LogP contribution in [0.25, 0.3) is 107 Å². The monoisotopic (exact) mass is 832 g/mol. The van der Waals surface area contributed by atoms with Gasteiger partial charge in [-0.1, -0.05) is 170 Å². The van der Waals surface area contributed by atoms with Crippen molar-refractivity contribution < 1.29 is 0 Å². The van der Waals surface area contributed by atoms with Crippen LogP contribution >= 0.6 is 22.7 Å². The quantitative estimate of drug-likeness (QED) is 0.166. The minimum absolute atomic E-state index is 0.443. The second-order valence-corrected chi connectivity index (χ2v) is 19.3. The first kappa shape index (κ1) is 35.3. The van der Waals surface area contributed by atoms with E-state index in [1.807, 2.05) is 22.7 Å². The molecule has 14 rings (SSSR count). The topological polar surface area (TPSA) is 0 Å². The van der Waals surface area contributed by atoms with Gasteiger partial charge in [0.15, 0.2) is 0 Å². The molecule has 12 aromatic rings. The molecule has 0 N–H and O–H groups in total. The molecule has 2 aliphatic rings. The van der Waals surface area contributed by atoms with Crippen molar-refractivity contribution in [3.63, 3.8) is 0 Å². The summed E-state index contributed by atoms with van der Waals surface area (Å²) in [6.07, 6.45) is 0. The van der Waals surface area contributed by atoms with E-state index in [0.717, 1.165) is 0 Å². The zero-order chi connectivity index (χ0) is 41.2. The van der Waals surface area contributed by atoms with Gasteiger partial charge in [0.25, 0.3) is 0 Å². The molecule has 0 bridgehead atoms. The maximum Gasteiger partial charge on any atom is 0.0725 e. The van der Waals surface area contributed by atoms with Crippen LogP contribution in [-0.4, -0.2) is 0 Å². The van der Waals surface area contributed by atoms with E-state index in [-0.39, 0.29) is 0 Å². The average Bonchev–Trinajstić information content (AvgIpc) is 4.08. The summed E-state index contributed by atoms with van der Waals surface area (Å²) < 4.78 is 5.35. The molecule has 0 unspecified atom stereocenters. The van der Waals surface area contributed by atoms with Crippen molar-refractivity contribution in [2.24, 2.45) is 0 Å². The number of thiophene rings is 2. The number of hydrogen-bond acceptors (Lipinski definition) is 2. The van der Waals surface area contributed by atoms with Crippen molar-refractivity contribution >= 4 is 63.0 Å². The minimum Gasteiger partial charge on any atom is -0.135 e. The largest absolute Gasteiger partial charge is 0.135 e. The van der Waals surface area contributed by atoms with Crippen LogP contribution in [-0.2, 0) is 5.41 Å². The molecule has 292 valence electrons. The van der Waals surface area contributed by atoms with Crippen LogP contribution in [0.5, 0.6) is 0 Å². The van der Waals surface area contributed by atoms with Gasteiger partial charge in [-0.3, -0.25) is 0 Å². The lowest BCUT2D eigenvalue weighted by Crippen LogP contribution is -2.26. The Labute approximate surface area is 373 Å². The smallest absolute Gasteiger partial charge is 0.0725 e. The molecule has 0 fully saturated rings. The highest BCUT2D eigenvalue weighted by Gasteiger charge is 2.51. The van der Waals surface area contributed by atoms with Gasteiger partial charge in [0.2, 0.25) is 0 Å². The van der Waals surface area contributed by atoms with Crippen molar-refractivity contribution in [3.8, 4) is 66.8 Å². The van der Waals surface area contributed by atoms with Crippen LogP contribution in [0, 0.1) is 0 Å². The normalized spacial score (nSPS) is 13.2. The van der Waals surface area contributed by atoms with Gasteiger partial charge in [-0.2, -0.15) is 0 Å². The third kappa shape index (κ3) is 5.08. The minimum atomic E-state index is -0.443. The molecule has 0 saturated carbocycles. The van der Waals surface area contributed by atoms with Gasteiger partial charge in [-0.25, -0.2) is 0 Å². The van der Waals surface area contributed by atoms with E-state index in [4.69, 9.17) is 0 Å². The molecule has 0 nitrogen and oxygen atoms in total. The van der Waals surface area contributed by atoms with E-state index in [9.17, 15) is 0 Å². The van der Waals surface area contributed by atoms with Gasteiger partial charge in [0, 0.05) is 40.3 Å². The van der Waals surface area contributed by atoms with E-state index >= 15 is 0 Å². The SMILES string of the molecule is c1ccc2c(c1)-c1ccccc1C21c2cc(-c3ccc(-c4ccc5sc6ccccc6c5c4)cc3)ccc2-c2ccc(-c3ccc(-c4ccc5sc6ccccc6c5c4)cc3)cc21.